The van der Waals surface area contributed by atoms with Gasteiger partial charge in [-0.25, -0.2) is 9.97 Å². The number of aromatic nitrogens is 3. The van der Waals surface area contributed by atoms with Crippen molar-refractivity contribution in [3.63, 3.8) is 0 Å². The van der Waals surface area contributed by atoms with Crippen LogP contribution in [0.2, 0.25) is 5.02 Å². The third-order valence-corrected chi connectivity index (χ3v) is 5.14. The molecular weight excluding hydrogens is 408 g/mol. The molecule has 4 rings (SSSR count). The number of aldehydes is 1. The summed E-state index contributed by atoms with van der Waals surface area (Å²) >= 11 is 7.62. The van der Waals surface area contributed by atoms with E-state index in [2.05, 4.69) is 34.1 Å². The van der Waals surface area contributed by atoms with Gasteiger partial charge in [0.1, 0.15) is 17.7 Å². The lowest BCUT2D eigenvalue weighted by molar-refractivity contribution is 0.112. The van der Waals surface area contributed by atoms with Crippen LogP contribution in [0.5, 0.6) is 5.75 Å². The number of aromatic amines is 1. The number of nitrogens with zero attached hydrogens (tertiary/aromatic N) is 2. The maximum absolute atomic E-state index is 11.0. The molecular formula is C21H19ClN4O2S. The predicted molar refractivity (Wildman–Crippen MR) is 118 cm³/mol. The Morgan fingerprint density at radius 1 is 1.24 bits per heavy atom. The molecule has 2 heterocycles. The first kappa shape index (κ1) is 19.4. The van der Waals surface area contributed by atoms with E-state index in [4.69, 9.17) is 16.3 Å². The van der Waals surface area contributed by atoms with Gasteiger partial charge in [0, 0.05) is 16.0 Å². The minimum Gasteiger partial charge on any atom is -0.491 e. The average molecular weight is 427 g/mol. The molecule has 0 aliphatic heterocycles. The highest BCUT2D eigenvalue weighted by molar-refractivity contribution is 7.14. The fraction of sp³-hybridized carbons (Fsp3) is 0.190. The van der Waals surface area contributed by atoms with Crippen LogP contribution in [0.25, 0.3) is 22.6 Å². The number of hydrogen-bond acceptors (Lipinski definition) is 6. The number of fused-ring (bicyclic) bond motifs is 1. The van der Waals surface area contributed by atoms with Crippen LogP contribution in [0, 0.1) is 5.92 Å². The summed E-state index contributed by atoms with van der Waals surface area (Å²) in [6, 6.07) is 10.8. The van der Waals surface area contributed by atoms with Gasteiger partial charge < -0.3 is 15.0 Å². The van der Waals surface area contributed by atoms with Crippen LogP contribution >= 0.6 is 22.9 Å². The van der Waals surface area contributed by atoms with E-state index in [1.165, 1.54) is 11.3 Å². The number of hydrogen-bond donors (Lipinski definition) is 2. The predicted octanol–water partition coefficient (Wildman–Crippen LogP) is 5.93. The zero-order valence-corrected chi connectivity index (χ0v) is 17.5. The van der Waals surface area contributed by atoms with Crippen molar-refractivity contribution < 1.29 is 9.53 Å². The van der Waals surface area contributed by atoms with Gasteiger partial charge in [0.05, 0.1) is 23.3 Å². The number of benzene rings is 2. The Balaban J connectivity index is 1.58. The van der Waals surface area contributed by atoms with E-state index in [1.807, 2.05) is 23.6 Å². The fourth-order valence-corrected chi connectivity index (χ4v) is 3.64. The SMILES string of the molecule is CC(C)COc1ccc(Cl)cc1Nc1nc(-c2nc3ccc(C=O)cc3[nH]2)cs1. The molecule has 0 fully saturated rings. The number of thiazole rings is 1. The standard InChI is InChI=1S/C21H19ClN4O2S/c1-12(2)10-28-19-6-4-14(22)8-17(19)25-21-26-18(11-29-21)20-23-15-5-3-13(9-27)7-16(15)24-20/h3-9,11-12H,10H2,1-2H3,(H,23,24)(H,25,26). The number of carbonyl (C=O) groups is 1. The minimum absolute atomic E-state index is 0.415. The van der Waals surface area contributed by atoms with Crippen LogP contribution in [0.3, 0.4) is 0 Å². The first-order valence-electron chi connectivity index (χ1n) is 9.12. The van der Waals surface area contributed by atoms with Crippen LogP contribution in [0.15, 0.2) is 41.8 Å². The molecule has 0 bridgehead atoms. The molecule has 4 aromatic rings. The average Bonchev–Trinajstić information content (AvgIpc) is 3.33. The largest absolute Gasteiger partial charge is 0.491 e. The molecule has 29 heavy (non-hydrogen) atoms. The number of nitrogens with one attached hydrogen (secondary N) is 2. The van der Waals surface area contributed by atoms with Crippen LogP contribution in [-0.2, 0) is 0 Å². The number of imidazole rings is 1. The summed E-state index contributed by atoms with van der Waals surface area (Å²) in [5, 5.41) is 6.52. The molecule has 2 aromatic heterocycles. The van der Waals surface area contributed by atoms with Gasteiger partial charge in [0.15, 0.2) is 11.0 Å². The molecule has 0 saturated carbocycles. The summed E-state index contributed by atoms with van der Waals surface area (Å²) in [6.45, 7) is 4.81. The topological polar surface area (TPSA) is 79.9 Å². The van der Waals surface area contributed by atoms with E-state index in [9.17, 15) is 4.79 Å². The molecule has 0 spiro atoms. The molecule has 0 amide bonds. The maximum atomic E-state index is 11.0. The summed E-state index contributed by atoms with van der Waals surface area (Å²) in [7, 11) is 0. The Morgan fingerprint density at radius 2 is 2.10 bits per heavy atom. The summed E-state index contributed by atoms with van der Waals surface area (Å²) in [6.07, 6.45) is 0.814. The molecule has 0 radical (unpaired) electrons. The van der Waals surface area contributed by atoms with Crippen molar-refractivity contribution in [2.45, 2.75) is 13.8 Å². The second-order valence-electron chi connectivity index (χ2n) is 6.99. The molecule has 0 saturated heterocycles. The Morgan fingerprint density at radius 3 is 2.90 bits per heavy atom. The van der Waals surface area contributed by atoms with E-state index in [1.54, 1.807) is 18.2 Å². The van der Waals surface area contributed by atoms with Crippen molar-refractivity contribution in [3.8, 4) is 17.3 Å². The van der Waals surface area contributed by atoms with Crippen LogP contribution < -0.4 is 10.1 Å². The molecule has 6 nitrogen and oxygen atoms in total. The third-order valence-electron chi connectivity index (χ3n) is 4.14. The quantitative estimate of drug-likeness (QED) is 0.358. The fourth-order valence-electron chi connectivity index (χ4n) is 2.76. The monoisotopic (exact) mass is 426 g/mol. The van der Waals surface area contributed by atoms with Gasteiger partial charge in [-0.05, 0) is 42.3 Å². The van der Waals surface area contributed by atoms with Crippen molar-refractivity contribution in [1.82, 2.24) is 15.0 Å². The van der Waals surface area contributed by atoms with Gasteiger partial charge in [-0.15, -0.1) is 11.3 Å². The second-order valence-corrected chi connectivity index (χ2v) is 8.28. The number of rotatable bonds is 7. The summed E-state index contributed by atoms with van der Waals surface area (Å²) in [4.78, 5) is 23.4. The number of carbonyl (C=O) groups excluding carboxylic acids is 1. The molecule has 148 valence electrons. The number of anilines is 2. The smallest absolute Gasteiger partial charge is 0.187 e. The van der Waals surface area contributed by atoms with Crippen LogP contribution in [-0.4, -0.2) is 27.8 Å². The Hall–Kier alpha value is -2.90. The van der Waals surface area contributed by atoms with Crippen molar-refractivity contribution >= 4 is 51.1 Å². The maximum Gasteiger partial charge on any atom is 0.187 e. The molecule has 8 heteroatoms. The number of H-pyrrole nitrogens is 1. The van der Waals surface area contributed by atoms with E-state index in [0.29, 0.717) is 39.8 Å². The van der Waals surface area contributed by atoms with Gasteiger partial charge in [0.2, 0.25) is 0 Å². The first-order valence-corrected chi connectivity index (χ1v) is 10.4. The zero-order chi connectivity index (χ0) is 20.4. The zero-order valence-electron chi connectivity index (χ0n) is 15.9. The van der Waals surface area contributed by atoms with E-state index >= 15 is 0 Å². The first-order chi connectivity index (χ1) is 14.0. The Kier molecular flexibility index (Phi) is 5.51. The summed E-state index contributed by atoms with van der Waals surface area (Å²) < 4.78 is 5.89. The molecule has 0 atom stereocenters. The van der Waals surface area contributed by atoms with Gasteiger partial charge in [-0.2, -0.15) is 0 Å². The van der Waals surface area contributed by atoms with E-state index in [-0.39, 0.29) is 0 Å². The summed E-state index contributed by atoms with van der Waals surface area (Å²) in [5.74, 6) is 1.79. The third kappa shape index (κ3) is 4.41. The van der Waals surface area contributed by atoms with Crippen molar-refractivity contribution in [1.29, 1.82) is 0 Å². The lowest BCUT2D eigenvalue weighted by Crippen LogP contribution is -2.06. The van der Waals surface area contributed by atoms with Crippen molar-refractivity contribution in [2.75, 3.05) is 11.9 Å². The van der Waals surface area contributed by atoms with Gasteiger partial charge >= 0.3 is 0 Å². The van der Waals surface area contributed by atoms with Crippen molar-refractivity contribution in [2.24, 2.45) is 5.92 Å². The van der Waals surface area contributed by atoms with E-state index < -0.39 is 0 Å². The molecule has 0 unspecified atom stereocenters. The molecule has 2 aromatic carbocycles. The highest BCUT2D eigenvalue weighted by atomic mass is 35.5. The molecule has 0 aliphatic rings. The highest BCUT2D eigenvalue weighted by Crippen LogP contribution is 2.33. The lowest BCUT2D eigenvalue weighted by atomic mass is 10.2. The highest BCUT2D eigenvalue weighted by Gasteiger charge is 2.12. The molecule has 0 aliphatic carbocycles. The minimum atomic E-state index is 0.415. The normalized spacial score (nSPS) is 11.2. The molecule has 2 N–H and O–H groups in total. The van der Waals surface area contributed by atoms with Crippen LogP contribution in [0.1, 0.15) is 24.2 Å². The Bertz CT molecular complexity index is 1170. The van der Waals surface area contributed by atoms with E-state index in [0.717, 1.165) is 28.8 Å². The number of halogens is 1. The van der Waals surface area contributed by atoms with Crippen LogP contribution in [0.4, 0.5) is 10.8 Å². The van der Waals surface area contributed by atoms with Gasteiger partial charge in [-0.3, -0.25) is 4.79 Å². The Labute approximate surface area is 176 Å². The lowest BCUT2D eigenvalue weighted by Gasteiger charge is -2.13. The van der Waals surface area contributed by atoms with Crippen molar-refractivity contribution in [3.05, 3.63) is 52.4 Å². The van der Waals surface area contributed by atoms with Gasteiger partial charge in [-0.1, -0.05) is 25.4 Å². The van der Waals surface area contributed by atoms with Gasteiger partial charge in [0.25, 0.3) is 0 Å². The second kappa shape index (κ2) is 8.23. The summed E-state index contributed by atoms with van der Waals surface area (Å²) in [5.41, 5.74) is 3.66. The number of ether oxygens (including phenoxy) is 1.